The van der Waals surface area contributed by atoms with Crippen LogP contribution in [0.15, 0.2) is 60.7 Å². The molecular formula is C24H16O10. The average molecular weight is 464 g/mol. The van der Waals surface area contributed by atoms with E-state index in [0.29, 0.717) is 10.8 Å². The SMILES string of the molecule is O=C(Oc1ccc2cc(OC(=O)c3ccc(O)c(O)c3O)ccc2c1)c1ccc(O)c(O)c1O. The standard InChI is InChI=1S/C24H16O10/c25-17-7-5-15(19(27)21(17)29)23(31)33-13-3-1-11-9-14(4-2-12(11)10-13)34-24(32)16-6-8-18(26)22(30)20(16)28/h1-10,25-30H. The predicted octanol–water partition coefficient (Wildman–Crippen LogP) is 3.51. The Kier molecular flexibility index (Phi) is 5.48. The normalized spacial score (nSPS) is 10.7. The largest absolute Gasteiger partial charge is 0.504 e. The van der Waals surface area contributed by atoms with E-state index in [-0.39, 0.29) is 22.6 Å². The minimum absolute atomic E-state index is 0.124. The van der Waals surface area contributed by atoms with Gasteiger partial charge in [-0.1, -0.05) is 12.1 Å². The Morgan fingerprint density at radius 2 is 0.882 bits per heavy atom. The van der Waals surface area contributed by atoms with Gasteiger partial charge in [0.05, 0.1) is 0 Å². The molecule has 34 heavy (non-hydrogen) atoms. The van der Waals surface area contributed by atoms with Gasteiger partial charge in [0, 0.05) is 0 Å². The number of esters is 2. The summed E-state index contributed by atoms with van der Waals surface area (Å²) in [6, 6.07) is 13.4. The summed E-state index contributed by atoms with van der Waals surface area (Å²) in [6.07, 6.45) is 0. The highest BCUT2D eigenvalue weighted by atomic mass is 16.5. The van der Waals surface area contributed by atoms with Crippen LogP contribution in [-0.4, -0.2) is 42.6 Å². The van der Waals surface area contributed by atoms with Crippen LogP contribution in [0.4, 0.5) is 0 Å². The fourth-order valence-corrected chi connectivity index (χ4v) is 3.12. The highest BCUT2D eigenvalue weighted by Gasteiger charge is 2.20. The Bertz CT molecular complexity index is 1350. The lowest BCUT2D eigenvalue weighted by molar-refractivity contribution is 0.0720. The molecule has 0 saturated carbocycles. The van der Waals surface area contributed by atoms with Gasteiger partial charge in [-0.3, -0.25) is 0 Å². The third-order valence-corrected chi connectivity index (χ3v) is 4.90. The van der Waals surface area contributed by atoms with E-state index in [1.54, 1.807) is 12.1 Å². The Balaban J connectivity index is 1.53. The zero-order valence-electron chi connectivity index (χ0n) is 17.1. The van der Waals surface area contributed by atoms with E-state index in [1.165, 1.54) is 24.3 Å². The van der Waals surface area contributed by atoms with E-state index < -0.39 is 46.4 Å². The maximum atomic E-state index is 12.3. The maximum absolute atomic E-state index is 12.3. The smallest absolute Gasteiger partial charge is 0.347 e. The van der Waals surface area contributed by atoms with Crippen LogP contribution in [0.2, 0.25) is 0 Å². The summed E-state index contributed by atoms with van der Waals surface area (Å²) in [5, 5.41) is 58.7. The van der Waals surface area contributed by atoms with E-state index >= 15 is 0 Å². The van der Waals surface area contributed by atoms with Crippen molar-refractivity contribution >= 4 is 22.7 Å². The number of rotatable bonds is 4. The Morgan fingerprint density at radius 3 is 1.26 bits per heavy atom. The van der Waals surface area contributed by atoms with Crippen molar-refractivity contribution in [1.82, 2.24) is 0 Å². The molecule has 0 amide bonds. The zero-order valence-corrected chi connectivity index (χ0v) is 17.1. The molecule has 172 valence electrons. The molecule has 4 aromatic carbocycles. The third kappa shape index (κ3) is 4.02. The molecule has 0 aliphatic rings. The molecular weight excluding hydrogens is 448 g/mol. The second kappa shape index (κ2) is 8.43. The third-order valence-electron chi connectivity index (χ3n) is 4.90. The summed E-state index contributed by atoms with van der Waals surface area (Å²) in [4.78, 5) is 24.7. The highest BCUT2D eigenvalue weighted by Crippen LogP contribution is 2.38. The van der Waals surface area contributed by atoms with Crippen LogP contribution in [0.25, 0.3) is 10.8 Å². The van der Waals surface area contributed by atoms with Gasteiger partial charge in [0.15, 0.2) is 23.0 Å². The molecule has 0 heterocycles. The number of phenolic OH excluding ortho intramolecular Hbond substituents is 6. The van der Waals surface area contributed by atoms with Crippen LogP contribution >= 0.6 is 0 Å². The van der Waals surface area contributed by atoms with Gasteiger partial charge in [-0.05, 0) is 59.3 Å². The predicted molar refractivity (Wildman–Crippen MR) is 117 cm³/mol. The number of carbonyl (C=O) groups is 2. The van der Waals surface area contributed by atoms with Crippen LogP contribution < -0.4 is 9.47 Å². The number of fused-ring (bicyclic) bond motifs is 1. The lowest BCUT2D eigenvalue weighted by atomic mass is 10.1. The molecule has 0 saturated heterocycles. The summed E-state index contributed by atoms with van der Waals surface area (Å²) in [6.45, 7) is 0. The lowest BCUT2D eigenvalue weighted by Gasteiger charge is -2.10. The molecule has 0 atom stereocenters. The average Bonchev–Trinajstić information content (AvgIpc) is 2.81. The molecule has 0 spiro atoms. The minimum Gasteiger partial charge on any atom is -0.504 e. The summed E-state index contributed by atoms with van der Waals surface area (Å²) in [7, 11) is 0. The van der Waals surface area contributed by atoms with Crippen LogP contribution in [0.3, 0.4) is 0 Å². The molecule has 10 nitrogen and oxygen atoms in total. The van der Waals surface area contributed by atoms with E-state index in [0.717, 1.165) is 24.3 Å². The molecule has 0 aromatic heterocycles. The van der Waals surface area contributed by atoms with Crippen molar-refractivity contribution in [2.45, 2.75) is 0 Å². The Labute approximate surface area is 190 Å². The number of phenols is 6. The van der Waals surface area contributed by atoms with Gasteiger partial charge in [0.1, 0.15) is 22.6 Å². The number of hydrogen-bond acceptors (Lipinski definition) is 10. The first-order valence-corrected chi connectivity index (χ1v) is 9.61. The monoisotopic (exact) mass is 464 g/mol. The highest BCUT2D eigenvalue weighted by molar-refractivity contribution is 5.97. The number of carbonyl (C=O) groups excluding carboxylic acids is 2. The number of ether oxygens (including phenoxy) is 2. The van der Waals surface area contributed by atoms with Crippen LogP contribution in [-0.2, 0) is 0 Å². The quantitative estimate of drug-likeness (QED) is 0.149. The van der Waals surface area contributed by atoms with E-state index in [4.69, 9.17) is 9.47 Å². The second-order valence-corrected chi connectivity index (χ2v) is 7.11. The van der Waals surface area contributed by atoms with Gasteiger partial charge in [0.25, 0.3) is 0 Å². The van der Waals surface area contributed by atoms with Crippen molar-refractivity contribution in [1.29, 1.82) is 0 Å². The summed E-state index contributed by atoms with van der Waals surface area (Å²) < 4.78 is 10.4. The van der Waals surface area contributed by atoms with Crippen LogP contribution in [0.1, 0.15) is 20.7 Å². The zero-order chi connectivity index (χ0) is 24.6. The first-order valence-electron chi connectivity index (χ1n) is 9.61. The molecule has 0 aliphatic carbocycles. The Morgan fingerprint density at radius 1 is 0.500 bits per heavy atom. The summed E-state index contributed by atoms with van der Waals surface area (Å²) in [5.41, 5.74) is -0.692. The number of hydrogen-bond donors (Lipinski definition) is 6. The van der Waals surface area contributed by atoms with Crippen molar-refractivity contribution < 1.29 is 49.7 Å². The molecule has 0 fully saturated rings. The van der Waals surface area contributed by atoms with Crippen molar-refractivity contribution in [3.05, 3.63) is 71.8 Å². The molecule has 6 N–H and O–H groups in total. The van der Waals surface area contributed by atoms with Crippen molar-refractivity contribution in [2.75, 3.05) is 0 Å². The molecule has 0 unspecified atom stereocenters. The molecule has 0 aliphatic heterocycles. The van der Waals surface area contributed by atoms with E-state index in [9.17, 15) is 40.2 Å². The molecule has 10 heteroatoms. The first-order chi connectivity index (χ1) is 16.2. The number of aromatic hydroxyl groups is 6. The minimum atomic E-state index is -0.963. The van der Waals surface area contributed by atoms with Crippen molar-refractivity contribution in [3.8, 4) is 46.0 Å². The molecule has 0 bridgehead atoms. The van der Waals surface area contributed by atoms with Gasteiger partial charge < -0.3 is 40.1 Å². The van der Waals surface area contributed by atoms with Gasteiger partial charge in [0.2, 0.25) is 11.5 Å². The molecule has 0 radical (unpaired) electrons. The van der Waals surface area contributed by atoms with Crippen molar-refractivity contribution in [2.24, 2.45) is 0 Å². The maximum Gasteiger partial charge on any atom is 0.347 e. The fourth-order valence-electron chi connectivity index (χ4n) is 3.12. The van der Waals surface area contributed by atoms with Gasteiger partial charge in [-0.15, -0.1) is 0 Å². The summed E-state index contributed by atoms with van der Waals surface area (Å²) in [5.74, 6) is -6.17. The first kappa shape index (κ1) is 22.1. The fraction of sp³-hybridized carbons (Fsp3) is 0. The Hall–Kier alpha value is -5.12. The van der Waals surface area contributed by atoms with E-state index in [2.05, 4.69) is 0 Å². The second-order valence-electron chi connectivity index (χ2n) is 7.11. The van der Waals surface area contributed by atoms with Crippen molar-refractivity contribution in [3.63, 3.8) is 0 Å². The van der Waals surface area contributed by atoms with Gasteiger partial charge in [-0.25, -0.2) is 9.59 Å². The van der Waals surface area contributed by atoms with Crippen LogP contribution in [0, 0.1) is 0 Å². The lowest BCUT2D eigenvalue weighted by Crippen LogP contribution is -2.09. The summed E-state index contributed by atoms with van der Waals surface area (Å²) >= 11 is 0. The van der Waals surface area contributed by atoms with Crippen LogP contribution in [0.5, 0.6) is 46.0 Å². The van der Waals surface area contributed by atoms with Gasteiger partial charge >= 0.3 is 11.9 Å². The van der Waals surface area contributed by atoms with E-state index in [1.807, 2.05) is 0 Å². The van der Waals surface area contributed by atoms with Gasteiger partial charge in [-0.2, -0.15) is 0 Å². The molecule has 4 aromatic rings. The molecule has 4 rings (SSSR count). The number of benzene rings is 4. The topological polar surface area (TPSA) is 174 Å².